The van der Waals surface area contributed by atoms with E-state index in [2.05, 4.69) is 20.9 Å². The van der Waals surface area contributed by atoms with E-state index in [1.54, 1.807) is 22.4 Å². The van der Waals surface area contributed by atoms with Crippen LogP contribution in [-0.2, 0) is 4.74 Å². The van der Waals surface area contributed by atoms with Crippen LogP contribution in [0.4, 0.5) is 10.6 Å². The largest absolute Gasteiger partial charge is 0.444 e. The lowest BCUT2D eigenvalue weighted by Crippen LogP contribution is -2.42. The van der Waals surface area contributed by atoms with Gasteiger partial charge in [-0.3, -0.25) is 4.68 Å². The molecule has 1 aromatic carbocycles. The molecule has 3 aromatic heterocycles. The van der Waals surface area contributed by atoms with Crippen LogP contribution in [0.5, 0.6) is 0 Å². The molecule has 0 spiro atoms. The first kappa shape index (κ1) is 23.7. The standard InChI is InChI=1S/C25H27BrN6O2S/c1-25(2,3)34-24(33)31-10-7-16(8-11-31)32-12-9-19(30-32)15-13-17(22(27)28-14-15)23-29-20-6-4-5-18(26)21(20)35-23/h4-6,9,12-14,16H,7-8,10-11H2,1-3H3,(H2,27,28). The predicted molar refractivity (Wildman–Crippen MR) is 142 cm³/mol. The van der Waals surface area contributed by atoms with E-state index < -0.39 is 5.60 Å². The van der Waals surface area contributed by atoms with Crippen molar-refractivity contribution in [2.45, 2.75) is 45.3 Å². The lowest BCUT2D eigenvalue weighted by atomic mass is 10.1. The highest BCUT2D eigenvalue weighted by molar-refractivity contribution is 9.10. The number of ether oxygens (including phenoxy) is 1. The molecule has 1 aliphatic rings. The van der Waals surface area contributed by atoms with Gasteiger partial charge in [0.25, 0.3) is 0 Å². The number of anilines is 1. The molecule has 1 aliphatic heterocycles. The quantitative estimate of drug-likeness (QED) is 0.326. The first-order valence-electron chi connectivity index (χ1n) is 11.5. The Balaban J connectivity index is 1.33. The normalized spacial score (nSPS) is 15.0. The van der Waals surface area contributed by atoms with Crippen LogP contribution in [-0.4, -0.2) is 49.4 Å². The number of halogens is 1. The third-order valence-electron chi connectivity index (χ3n) is 5.91. The Bertz CT molecular complexity index is 1380. The van der Waals surface area contributed by atoms with E-state index in [9.17, 15) is 4.79 Å². The van der Waals surface area contributed by atoms with Crippen molar-refractivity contribution in [2.75, 3.05) is 18.8 Å². The second-order valence-corrected chi connectivity index (χ2v) is 11.5. The Morgan fingerprint density at radius 3 is 2.71 bits per heavy atom. The van der Waals surface area contributed by atoms with Gasteiger partial charge in [-0.2, -0.15) is 5.10 Å². The van der Waals surface area contributed by atoms with Gasteiger partial charge in [0.2, 0.25) is 0 Å². The van der Waals surface area contributed by atoms with E-state index in [-0.39, 0.29) is 12.1 Å². The van der Waals surface area contributed by atoms with Gasteiger partial charge in [-0.1, -0.05) is 6.07 Å². The van der Waals surface area contributed by atoms with E-state index in [0.717, 1.165) is 49.4 Å². The summed E-state index contributed by atoms with van der Waals surface area (Å²) in [6, 6.07) is 10.2. The Morgan fingerprint density at radius 1 is 1.23 bits per heavy atom. The van der Waals surface area contributed by atoms with Gasteiger partial charge in [-0.15, -0.1) is 11.3 Å². The number of aromatic nitrogens is 4. The van der Waals surface area contributed by atoms with Crippen molar-refractivity contribution in [3.63, 3.8) is 0 Å². The first-order valence-corrected chi connectivity index (χ1v) is 13.1. The zero-order chi connectivity index (χ0) is 24.7. The number of thiazole rings is 1. The van der Waals surface area contributed by atoms with Crippen molar-refractivity contribution in [3.05, 3.63) is 47.2 Å². The summed E-state index contributed by atoms with van der Waals surface area (Å²) in [4.78, 5) is 23.3. The number of carbonyl (C=O) groups excluding carboxylic acids is 1. The first-order chi connectivity index (χ1) is 16.7. The fourth-order valence-corrected chi connectivity index (χ4v) is 5.75. The Hall–Kier alpha value is -2.98. The summed E-state index contributed by atoms with van der Waals surface area (Å²) in [7, 11) is 0. The molecule has 1 fully saturated rings. The molecule has 0 saturated carbocycles. The molecule has 0 radical (unpaired) electrons. The smallest absolute Gasteiger partial charge is 0.410 e. The number of piperidine rings is 1. The fourth-order valence-electron chi connectivity index (χ4n) is 4.15. The number of rotatable bonds is 3. The highest BCUT2D eigenvalue weighted by atomic mass is 79.9. The van der Waals surface area contributed by atoms with Crippen molar-refractivity contribution in [3.8, 4) is 21.8 Å². The molecule has 4 heterocycles. The van der Waals surface area contributed by atoms with Crippen LogP contribution in [0.15, 0.2) is 47.2 Å². The third-order valence-corrected chi connectivity index (χ3v) is 7.97. The molecule has 0 unspecified atom stereocenters. The molecule has 182 valence electrons. The Morgan fingerprint density at radius 2 is 2.00 bits per heavy atom. The van der Waals surface area contributed by atoms with Crippen molar-refractivity contribution in [2.24, 2.45) is 0 Å². The number of nitrogens with zero attached hydrogens (tertiary/aromatic N) is 5. The molecule has 1 saturated heterocycles. The molecule has 0 atom stereocenters. The number of amides is 1. The third kappa shape index (κ3) is 5.04. The summed E-state index contributed by atoms with van der Waals surface area (Å²) in [5.74, 6) is 0.442. The number of fused-ring (bicyclic) bond motifs is 1. The highest BCUT2D eigenvalue weighted by Gasteiger charge is 2.28. The highest BCUT2D eigenvalue weighted by Crippen LogP contribution is 2.37. The zero-order valence-electron chi connectivity index (χ0n) is 19.9. The van der Waals surface area contributed by atoms with Gasteiger partial charge in [0.05, 0.1) is 27.5 Å². The number of nitrogens with two attached hydrogens (primary N) is 1. The van der Waals surface area contributed by atoms with E-state index in [1.165, 1.54) is 0 Å². The van der Waals surface area contributed by atoms with Gasteiger partial charge in [0.15, 0.2) is 0 Å². The summed E-state index contributed by atoms with van der Waals surface area (Å²) in [5.41, 5.74) is 9.19. The maximum absolute atomic E-state index is 12.4. The monoisotopic (exact) mass is 554 g/mol. The summed E-state index contributed by atoms with van der Waals surface area (Å²) in [6.07, 6.45) is 5.14. The van der Waals surface area contributed by atoms with Crippen LogP contribution in [0.3, 0.4) is 0 Å². The second-order valence-electron chi connectivity index (χ2n) is 9.64. The number of pyridine rings is 1. The number of nitrogen functional groups attached to an aromatic ring is 1. The summed E-state index contributed by atoms with van der Waals surface area (Å²) < 4.78 is 9.59. The Labute approximate surface area is 216 Å². The topological polar surface area (TPSA) is 99.2 Å². The average molecular weight is 556 g/mol. The maximum Gasteiger partial charge on any atom is 0.410 e. The molecule has 4 aromatic rings. The molecular weight excluding hydrogens is 528 g/mol. The number of likely N-dealkylation sites (tertiary alicyclic amines) is 1. The molecule has 10 heteroatoms. The van der Waals surface area contributed by atoms with E-state index in [1.807, 2.05) is 62.0 Å². The minimum Gasteiger partial charge on any atom is -0.444 e. The molecule has 1 amide bonds. The number of carbonyl (C=O) groups is 1. The molecule has 0 aliphatic carbocycles. The molecule has 0 bridgehead atoms. The van der Waals surface area contributed by atoms with Gasteiger partial charge in [-0.25, -0.2) is 14.8 Å². The van der Waals surface area contributed by atoms with Gasteiger partial charge >= 0.3 is 6.09 Å². The van der Waals surface area contributed by atoms with E-state index >= 15 is 0 Å². The minimum absolute atomic E-state index is 0.227. The van der Waals surface area contributed by atoms with Gasteiger partial charge in [0.1, 0.15) is 16.4 Å². The van der Waals surface area contributed by atoms with Crippen LogP contribution in [0, 0.1) is 0 Å². The number of hydrogen-bond donors (Lipinski definition) is 1. The average Bonchev–Trinajstić information content (AvgIpc) is 3.47. The molecule has 2 N–H and O–H groups in total. The minimum atomic E-state index is -0.487. The SMILES string of the molecule is CC(C)(C)OC(=O)N1CCC(n2ccc(-c3cnc(N)c(-c4nc5cccc(Br)c5s4)c3)n2)CC1. The van der Waals surface area contributed by atoms with Crippen molar-refractivity contribution in [1.82, 2.24) is 24.6 Å². The van der Waals surface area contributed by atoms with E-state index in [0.29, 0.717) is 18.9 Å². The number of hydrogen-bond acceptors (Lipinski definition) is 7. The van der Waals surface area contributed by atoms with Gasteiger partial charge < -0.3 is 15.4 Å². The van der Waals surface area contributed by atoms with Crippen LogP contribution < -0.4 is 5.73 Å². The summed E-state index contributed by atoms with van der Waals surface area (Å²) in [5, 5.41) is 5.66. The molecule has 8 nitrogen and oxygen atoms in total. The van der Waals surface area contributed by atoms with E-state index in [4.69, 9.17) is 20.6 Å². The lowest BCUT2D eigenvalue weighted by molar-refractivity contribution is 0.0185. The Kier molecular flexibility index (Phi) is 6.27. The van der Waals surface area contributed by atoms with Crippen LogP contribution >= 0.6 is 27.3 Å². The zero-order valence-corrected chi connectivity index (χ0v) is 22.3. The lowest BCUT2D eigenvalue weighted by Gasteiger charge is -2.33. The molecule has 35 heavy (non-hydrogen) atoms. The number of benzene rings is 1. The van der Waals surface area contributed by atoms with Crippen LogP contribution in [0.2, 0.25) is 0 Å². The van der Waals surface area contributed by atoms with Crippen molar-refractivity contribution in [1.29, 1.82) is 0 Å². The predicted octanol–water partition coefficient (Wildman–Crippen LogP) is 6.14. The maximum atomic E-state index is 12.4. The van der Waals surface area contributed by atoms with Crippen LogP contribution in [0.1, 0.15) is 39.7 Å². The fraction of sp³-hybridized carbons (Fsp3) is 0.360. The van der Waals surface area contributed by atoms with Crippen LogP contribution in [0.25, 0.3) is 32.0 Å². The van der Waals surface area contributed by atoms with Crippen molar-refractivity contribution < 1.29 is 9.53 Å². The summed E-state index contributed by atoms with van der Waals surface area (Å²) in [6.45, 7) is 6.95. The summed E-state index contributed by atoms with van der Waals surface area (Å²) >= 11 is 5.18. The van der Waals surface area contributed by atoms with Gasteiger partial charge in [0, 0.05) is 35.5 Å². The molecular formula is C25H27BrN6O2S. The van der Waals surface area contributed by atoms with Crippen molar-refractivity contribution >= 4 is 49.4 Å². The second kappa shape index (κ2) is 9.23. The molecule has 5 rings (SSSR count). The van der Waals surface area contributed by atoms with Gasteiger partial charge in [-0.05, 0) is 73.8 Å².